The van der Waals surface area contributed by atoms with Gasteiger partial charge < -0.3 is 15.2 Å². The molecule has 1 unspecified atom stereocenters. The Labute approximate surface area is 123 Å². The largest absolute Gasteiger partial charge is 0.492 e. The van der Waals surface area contributed by atoms with Gasteiger partial charge in [0.1, 0.15) is 12.4 Å². The first-order valence-electron chi connectivity index (χ1n) is 6.99. The van der Waals surface area contributed by atoms with E-state index in [1.807, 2.05) is 36.1 Å². The summed E-state index contributed by atoms with van der Waals surface area (Å²) >= 11 is 0. The molecule has 2 N–H and O–H groups in total. The number of nitrogens with zero attached hydrogens (tertiary/aromatic N) is 1. The van der Waals surface area contributed by atoms with Crippen LogP contribution >= 0.6 is 0 Å². The minimum Gasteiger partial charge on any atom is -0.492 e. The molecule has 6 nitrogen and oxygen atoms in total. The van der Waals surface area contributed by atoms with Gasteiger partial charge in [0.15, 0.2) is 0 Å². The van der Waals surface area contributed by atoms with Crippen molar-refractivity contribution < 1.29 is 19.4 Å². The molecular weight excluding hydrogens is 272 g/mol. The SMILES string of the molecule is Cc1cccc(OCCN2CCNC(=O)C2CC(=O)O)c1. The second-order valence-electron chi connectivity index (χ2n) is 5.11. The first kappa shape index (κ1) is 15.3. The Morgan fingerprint density at radius 2 is 2.33 bits per heavy atom. The Morgan fingerprint density at radius 1 is 1.52 bits per heavy atom. The summed E-state index contributed by atoms with van der Waals surface area (Å²) in [6, 6.07) is 7.12. The number of ether oxygens (including phenoxy) is 1. The van der Waals surface area contributed by atoms with Gasteiger partial charge in [-0.1, -0.05) is 12.1 Å². The van der Waals surface area contributed by atoms with Gasteiger partial charge in [-0.15, -0.1) is 0 Å². The maximum absolute atomic E-state index is 11.8. The number of hydrogen-bond acceptors (Lipinski definition) is 4. The second-order valence-corrected chi connectivity index (χ2v) is 5.11. The highest BCUT2D eigenvalue weighted by Gasteiger charge is 2.31. The van der Waals surface area contributed by atoms with Gasteiger partial charge in [-0.05, 0) is 24.6 Å². The average molecular weight is 292 g/mol. The van der Waals surface area contributed by atoms with Gasteiger partial charge in [0.2, 0.25) is 5.91 Å². The molecule has 0 aromatic heterocycles. The zero-order valence-electron chi connectivity index (χ0n) is 12.0. The Balaban J connectivity index is 1.88. The molecule has 1 aliphatic heterocycles. The molecule has 1 heterocycles. The summed E-state index contributed by atoms with van der Waals surface area (Å²) in [6.45, 7) is 4.12. The predicted octanol–water partition coefficient (Wildman–Crippen LogP) is 0.649. The molecule has 0 spiro atoms. The molecule has 1 fully saturated rings. The van der Waals surface area contributed by atoms with Crippen molar-refractivity contribution in [3.8, 4) is 5.75 Å². The number of nitrogens with one attached hydrogen (secondary N) is 1. The van der Waals surface area contributed by atoms with E-state index in [0.717, 1.165) is 11.3 Å². The van der Waals surface area contributed by atoms with Gasteiger partial charge in [0.05, 0.1) is 12.5 Å². The molecule has 6 heteroatoms. The van der Waals surface area contributed by atoms with E-state index in [9.17, 15) is 9.59 Å². The van der Waals surface area contributed by atoms with Crippen LogP contribution in [0.25, 0.3) is 0 Å². The van der Waals surface area contributed by atoms with Crippen LogP contribution in [-0.2, 0) is 9.59 Å². The maximum Gasteiger partial charge on any atom is 0.305 e. The van der Waals surface area contributed by atoms with Crippen LogP contribution in [-0.4, -0.2) is 54.2 Å². The van der Waals surface area contributed by atoms with Crippen LogP contribution in [0.15, 0.2) is 24.3 Å². The lowest BCUT2D eigenvalue weighted by molar-refractivity contribution is -0.143. The fourth-order valence-corrected chi connectivity index (χ4v) is 2.40. The van der Waals surface area contributed by atoms with Crippen molar-refractivity contribution in [2.45, 2.75) is 19.4 Å². The van der Waals surface area contributed by atoms with Gasteiger partial charge in [-0.2, -0.15) is 0 Å². The minimum absolute atomic E-state index is 0.184. The van der Waals surface area contributed by atoms with E-state index in [1.54, 1.807) is 0 Å². The molecule has 1 amide bonds. The number of aryl methyl sites for hydroxylation is 1. The summed E-state index contributed by atoms with van der Waals surface area (Å²) in [5, 5.41) is 11.6. The second kappa shape index (κ2) is 7.08. The lowest BCUT2D eigenvalue weighted by atomic mass is 10.1. The number of benzene rings is 1. The third-order valence-electron chi connectivity index (χ3n) is 3.45. The van der Waals surface area contributed by atoms with E-state index in [4.69, 9.17) is 9.84 Å². The number of carbonyl (C=O) groups is 2. The topological polar surface area (TPSA) is 78.9 Å². The Hall–Kier alpha value is -2.08. The number of rotatable bonds is 6. The molecule has 1 atom stereocenters. The summed E-state index contributed by atoms with van der Waals surface area (Å²) in [4.78, 5) is 24.5. The zero-order chi connectivity index (χ0) is 15.2. The van der Waals surface area contributed by atoms with Crippen LogP contribution in [0.1, 0.15) is 12.0 Å². The molecule has 114 valence electrons. The Bertz CT molecular complexity index is 518. The molecular formula is C15H20N2O4. The lowest BCUT2D eigenvalue weighted by Gasteiger charge is -2.33. The third-order valence-corrected chi connectivity index (χ3v) is 3.45. The van der Waals surface area contributed by atoms with Crippen LogP contribution in [0.3, 0.4) is 0 Å². The average Bonchev–Trinajstić information content (AvgIpc) is 2.42. The molecule has 1 aromatic rings. The highest BCUT2D eigenvalue weighted by molar-refractivity contribution is 5.86. The maximum atomic E-state index is 11.8. The van der Waals surface area contributed by atoms with Crippen molar-refractivity contribution in [2.75, 3.05) is 26.2 Å². The Morgan fingerprint density at radius 3 is 3.05 bits per heavy atom. The molecule has 0 bridgehead atoms. The van der Waals surface area contributed by atoms with Gasteiger partial charge >= 0.3 is 5.97 Å². The van der Waals surface area contributed by atoms with E-state index >= 15 is 0 Å². The van der Waals surface area contributed by atoms with E-state index in [0.29, 0.717) is 26.2 Å². The number of carboxylic acids is 1. The fraction of sp³-hybridized carbons (Fsp3) is 0.467. The van der Waals surface area contributed by atoms with E-state index in [2.05, 4.69) is 5.32 Å². The quantitative estimate of drug-likeness (QED) is 0.805. The molecule has 1 saturated heterocycles. The summed E-state index contributed by atoms with van der Waals surface area (Å²) in [6.07, 6.45) is -0.184. The first-order valence-corrected chi connectivity index (χ1v) is 6.99. The van der Waals surface area contributed by atoms with E-state index in [1.165, 1.54) is 0 Å². The van der Waals surface area contributed by atoms with Crippen molar-refractivity contribution >= 4 is 11.9 Å². The summed E-state index contributed by atoms with van der Waals surface area (Å²) in [5.74, 6) is -0.410. The molecule has 1 aromatic carbocycles. The normalized spacial score (nSPS) is 19.1. The standard InChI is InChI=1S/C15H20N2O4/c1-11-3-2-4-12(9-11)21-8-7-17-6-5-16-15(20)13(17)10-14(18)19/h2-4,9,13H,5-8,10H2,1H3,(H,16,20)(H,18,19). The number of piperazine rings is 1. The highest BCUT2D eigenvalue weighted by atomic mass is 16.5. The molecule has 2 rings (SSSR count). The first-order chi connectivity index (χ1) is 10.1. The van der Waals surface area contributed by atoms with Crippen LogP contribution in [0.2, 0.25) is 0 Å². The van der Waals surface area contributed by atoms with Crippen molar-refractivity contribution in [1.82, 2.24) is 10.2 Å². The van der Waals surface area contributed by atoms with Crippen LogP contribution in [0, 0.1) is 6.92 Å². The molecule has 0 saturated carbocycles. The van der Waals surface area contributed by atoms with Crippen LogP contribution in [0.5, 0.6) is 5.75 Å². The van der Waals surface area contributed by atoms with Crippen molar-refractivity contribution in [2.24, 2.45) is 0 Å². The van der Waals surface area contributed by atoms with Crippen molar-refractivity contribution in [1.29, 1.82) is 0 Å². The minimum atomic E-state index is -0.971. The summed E-state index contributed by atoms with van der Waals surface area (Å²) < 4.78 is 5.66. The van der Waals surface area contributed by atoms with Gasteiger partial charge in [0.25, 0.3) is 0 Å². The molecule has 21 heavy (non-hydrogen) atoms. The van der Waals surface area contributed by atoms with Crippen molar-refractivity contribution in [3.05, 3.63) is 29.8 Å². The van der Waals surface area contributed by atoms with Gasteiger partial charge in [-0.3, -0.25) is 14.5 Å². The lowest BCUT2D eigenvalue weighted by Crippen LogP contribution is -2.56. The molecule has 0 aliphatic carbocycles. The van der Waals surface area contributed by atoms with Crippen molar-refractivity contribution in [3.63, 3.8) is 0 Å². The Kier molecular flexibility index (Phi) is 5.16. The molecule has 1 aliphatic rings. The number of amides is 1. The third kappa shape index (κ3) is 4.46. The zero-order valence-corrected chi connectivity index (χ0v) is 12.0. The van der Waals surface area contributed by atoms with Gasteiger partial charge in [0, 0.05) is 19.6 Å². The van der Waals surface area contributed by atoms with E-state index in [-0.39, 0.29) is 12.3 Å². The summed E-state index contributed by atoms with van der Waals surface area (Å²) in [7, 11) is 0. The van der Waals surface area contributed by atoms with Crippen LogP contribution < -0.4 is 10.1 Å². The number of carboxylic acid groups (broad SMARTS) is 1. The van der Waals surface area contributed by atoms with Crippen LogP contribution in [0.4, 0.5) is 0 Å². The number of carbonyl (C=O) groups excluding carboxylic acids is 1. The number of aliphatic carboxylic acids is 1. The fourth-order valence-electron chi connectivity index (χ4n) is 2.40. The summed E-state index contributed by atoms with van der Waals surface area (Å²) in [5.41, 5.74) is 1.12. The highest BCUT2D eigenvalue weighted by Crippen LogP contribution is 2.13. The smallest absolute Gasteiger partial charge is 0.305 e. The number of hydrogen-bond donors (Lipinski definition) is 2. The monoisotopic (exact) mass is 292 g/mol. The van der Waals surface area contributed by atoms with Gasteiger partial charge in [-0.25, -0.2) is 0 Å². The van der Waals surface area contributed by atoms with E-state index < -0.39 is 12.0 Å². The molecule has 0 radical (unpaired) electrons. The predicted molar refractivity (Wildman–Crippen MR) is 77.3 cm³/mol.